The summed E-state index contributed by atoms with van der Waals surface area (Å²) in [5.41, 5.74) is 1.92. The molecule has 3 rings (SSSR count). The number of aryl methyl sites for hydroxylation is 1. The molecule has 0 aliphatic carbocycles. The summed E-state index contributed by atoms with van der Waals surface area (Å²) in [5, 5.41) is 2.96. The van der Waals surface area contributed by atoms with Gasteiger partial charge in [0.05, 0.1) is 6.54 Å². The number of amides is 5. The van der Waals surface area contributed by atoms with E-state index in [-0.39, 0.29) is 37.4 Å². The molecule has 29 heavy (non-hydrogen) atoms. The number of para-hydroxylation sites is 1. The number of hydrogen-bond acceptors (Lipinski definition) is 5. The Hall–Kier alpha value is -2.94. The maximum Gasteiger partial charge on any atom is 0.327 e. The highest BCUT2D eigenvalue weighted by atomic mass is 16.2. The number of imide groups is 1. The van der Waals surface area contributed by atoms with Crippen LogP contribution in [0.1, 0.15) is 12.5 Å². The Labute approximate surface area is 170 Å². The van der Waals surface area contributed by atoms with Gasteiger partial charge < -0.3 is 15.1 Å². The molecule has 0 atom stereocenters. The minimum Gasteiger partial charge on any atom is -0.339 e. The highest BCUT2D eigenvalue weighted by molar-refractivity contribution is 6.04. The minimum absolute atomic E-state index is 0.0101. The third-order valence-electron chi connectivity index (χ3n) is 5.29. The van der Waals surface area contributed by atoms with E-state index < -0.39 is 6.03 Å². The molecule has 1 N–H and O–H groups in total. The van der Waals surface area contributed by atoms with Crippen LogP contribution in [-0.4, -0.2) is 96.2 Å². The Morgan fingerprint density at radius 3 is 2.34 bits per heavy atom. The van der Waals surface area contributed by atoms with E-state index >= 15 is 0 Å². The van der Waals surface area contributed by atoms with Gasteiger partial charge in [-0.25, -0.2) is 4.79 Å². The van der Waals surface area contributed by atoms with E-state index in [1.807, 2.05) is 36.1 Å². The molecular weight excluding hydrogens is 374 g/mol. The van der Waals surface area contributed by atoms with E-state index in [2.05, 4.69) is 5.32 Å². The average Bonchev–Trinajstić information content (AvgIpc) is 2.95. The molecule has 9 nitrogen and oxygen atoms in total. The van der Waals surface area contributed by atoms with Gasteiger partial charge in [0.15, 0.2) is 0 Å². The summed E-state index contributed by atoms with van der Waals surface area (Å²) >= 11 is 0. The topological polar surface area (TPSA) is 93.3 Å². The second-order valence-electron chi connectivity index (χ2n) is 7.33. The summed E-state index contributed by atoms with van der Waals surface area (Å²) in [6.45, 7) is 4.14. The van der Waals surface area contributed by atoms with Crippen LogP contribution in [-0.2, 0) is 20.8 Å². The third kappa shape index (κ3) is 4.92. The predicted octanol–water partition coefficient (Wildman–Crippen LogP) is 0.226. The molecule has 9 heteroatoms. The summed E-state index contributed by atoms with van der Waals surface area (Å²) in [5.74, 6) is -0.682. The summed E-state index contributed by atoms with van der Waals surface area (Å²) in [4.78, 5) is 54.5. The fourth-order valence-electron chi connectivity index (χ4n) is 3.56. The second-order valence-corrected chi connectivity index (χ2v) is 7.33. The first-order chi connectivity index (χ1) is 13.9. The number of hydrogen-bond donors (Lipinski definition) is 1. The SMILES string of the molecule is CCc1ccccc1NC(=O)CN1CCN(C(=O)CN2C(=O)CN(C)C2=O)CC1. The molecule has 2 aliphatic heterocycles. The van der Waals surface area contributed by atoms with Crippen LogP contribution in [0.4, 0.5) is 10.5 Å². The largest absolute Gasteiger partial charge is 0.339 e. The summed E-state index contributed by atoms with van der Waals surface area (Å²) in [7, 11) is 1.54. The smallest absolute Gasteiger partial charge is 0.327 e. The summed E-state index contributed by atoms with van der Waals surface area (Å²) in [6, 6.07) is 7.30. The Bertz CT molecular complexity index is 804. The number of piperazine rings is 1. The van der Waals surface area contributed by atoms with E-state index in [9.17, 15) is 19.2 Å². The average molecular weight is 401 g/mol. The molecule has 5 amide bonds. The molecule has 0 radical (unpaired) electrons. The molecule has 0 aromatic heterocycles. The lowest BCUT2D eigenvalue weighted by molar-refractivity contribution is -0.137. The van der Waals surface area contributed by atoms with E-state index in [0.29, 0.717) is 26.2 Å². The van der Waals surface area contributed by atoms with Crippen molar-refractivity contribution in [3.05, 3.63) is 29.8 Å². The van der Waals surface area contributed by atoms with Crippen LogP contribution in [0.15, 0.2) is 24.3 Å². The van der Waals surface area contributed by atoms with Gasteiger partial charge in [-0.15, -0.1) is 0 Å². The molecule has 2 fully saturated rings. The number of carbonyl (C=O) groups excluding carboxylic acids is 4. The number of nitrogens with one attached hydrogen (secondary N) is 1. The number of urea groups is 1. The van der Waals surface area contributed by atoms with E-state index in [1.54, 1.807) is 4.90 Å². The lowest BCUT2D eigenvalue weighted by Gasteiger charge is -2.34. The van der Waals surface area contributed by atoms with Crippen LogP contribution < -0.4 is 5.32 Å². The molecular formula is C20H27N5O4. The molecule has 156 valence electrons. The highest BCUT2D eigenvalue weighted by Crippen LogP contribution is 2.15. The molecule has 2 aliphatic rings. The molecule has 0 saturated carbocycles. The van der Waals surface area contributed by atoms with Crippen molar-refractivity contribution < 1.29 is 19.2 Å². The van der Waals surface area contributed by atoms with Crippen molar-refractivity contribution >= 4 is 29.4 Å². The van der Waals surface area contributed by atoms with Gasteiger partial charge in [-0.05, 0) is 18.1 Å². The van der Waals surface area contributed by atoms with Gasteiger partial charge >= 0.3 is 6.03 Å². The maximum atomic E-state index is 12.5. The van der Waals surface area contributed by atoms with Crippen molar-refractivity contribution in [2.75, 3.05) is 58.2 Å². The first kappa shape index (κ1) is 20.8. The van der Waals surface area contributed by atoms with Gasteiger partial charge in [0.2, 0.25) is 11.8 Å². The second kappa shape index (κ2) is 9.04. The predicted molar refractivity (Wildman–Crippen MR) is 107 cm³/mol. The number of likely N-dealkylation sites (N-methyl/N-ethyl adjacent to an activating group) is 1. The number of anilines is 1. The molecule has 1 aromatic carbocycles. The molecule has 0 unspecified atom stereocenters. The van der Waals surface area contributed by atoms with Crippen molar-refractivity contribution in [3.8, 4) is 0 Å². The number of nitrogens with zero attached hydrogens (tertiary/aromatic N) is 4. The number of rotatable bonds is 6. The van der Waals surface area contributed by atoms with Gasteiger partial charge in [-0.1, -0.05) is 25.1 Å². The summed E-state index contributed by atoms with van der Waals surface area (Å²) in [6.07, 6.45) is 0.842. The van der Waals surface area contributed by atoms with E-state index in [1.165, 1.54) is 11.9 Å². The standard InChI is InChI=1S/C20H27N5O4/c1-3-15-6-4-5-7-16(15)21-17(26)12-23-8-10-24(11-9-23)18(27)14-25-19(28)13-22(2)20(25)29/h4-7H,3,8-14H2,1-2H3,(H,21,26). The Balaban J connectivity index is 1.45. The molecule has 2 heterocycles. The monoisotopic (exact) mass is 401 g/mol. The van der Waals surface area contributed by atoms with Crippen LogP contribution in [0.5, 0.6) is 0 Å². The lowest BCUT2D eigenvalue weighted by atomic mass is 10.1. The quantitative estimate of drug-likeness (QED) is 0.689. The third-order valence-corrected chi connectivity index (χ3v) is 5.29. The van der Waals surface area contributed by atoms with Crippen molar-refractivity contribution in [2.45, 2.75) is 13.3 Å². The zero-order valence-electron chi connectivity index (χ0n) is 16.9. The molecule has 2 saturated heterocycles. The van der Waals surface area contributed by atoms with Gasteiger partial charge in [0.1, 0.15) is 13.1 Å². The summed E-state index contributed by atoms with van der Waals surface area (Å²) < 4.78 is 0. The maximum absolute atomic E-state index is 12.5. The zero-order valence-corrected chi connectivity index (χ0v) is 16.9. The fourth-order valence-corrected chi connectivity index (χ4v) is 3.56. The van der Waals surface area contributed by atoms with Crippen molar-refractivity contribution in [1.29, 1.82) is 0 Å². The first-order valence-corrected chi connectivity index (χ1v) is 9.82. The van der Waals surface area contributed by atoms with Crippen LogP contribution in [0.3, 0.4) is 0 Å². The van der Waals surface area contributed by atoms with Crippen LogP contribution in [0.25, 0.3) is 0 Å². The Morgan fingerprint density at radius 2 is 1.72 bits per heavy atom. The van der Waals surface area contributed by atoms with Crippen molar-refractivity contribution in [3.63, 3.8) is 0 Å². The fraction of sp³-hybridized carbons (Fsp3) is 0.500. The first-order valence-electron chi connectivity index (χ1n) is 9.82. The van der Waals surface area contributed by atoms with Crippen molar-refractivity contribution in [1.82, 2.24) is 19.6 Å². The van der Waals surface area contributed by atoms with Gasteiger partial charge in [-0.2, -0.15) is 0 Å². The Morgan fingerprint density at radius 1 is 1.03 bits per heavy atom. The normalized spacial score (nSPS) is 17.8. The number of benzene rings is 1. The van der Waals surface area contributed by atoms with Gasteiger partial charge in [-0.3, -0.25) is 24.2 Å². The van der Waals surface area contributed by atoms with Crippen molar-refractivity contribution in [2.24, 2.45) is 0 Å². The Kier molecular flexibility index (Phi) is 6.48. The van der Waals surface area contributed by atoms with E-state index in [4.69, 9.17) is 0 Å². The minimum atomic E-state index is -0.439. The highest BCUT2D eigenvalue weighted by Gasteiger charge is 2.36. The lowest BCUT2D eigenvalue weighted by Crippen LogP contribution is -2.53. The van der Waals surface area contributed by atoms with Crippen LogP contribution >= 0.6 is 0 Å². The van der Waals surface area contributed by atoms with Gasteiger partial charge in [0.25, 0.3) is 5.91 Å². The molecule has 0 bridgehead atoms. The van der Waals surface area contributed by atoms with Crippen LogP contribution in [0, 0.1) is 0 Å². The van der Waals surface area contributed by atoms with Gasteiger partial charge in [0, 0.05) is 38.9 Å². The van der Waals surface area contributed by atoms with E-state index in [0.717, 1.165) is 22.6 Å². The van der Waals surface area contributed by atoms with Crippen LogP contribution in [0.2, 0.25) is 0 Å². The zero-order chi connectivity index (χ0) is 21.0. The number of carbonyl (C=O) groups is 4. The molecule has 1 aromatic rings. The molecule has 0 spiro atoms.